The first-order chi connectivity index (χ1) is 13.2. The number of amides is 1. The van der Waals surface area contributed by atoms with Gasteiger partial charge < -0.3 is 10.4 Å². The summed E-state index contributed by atoms with van der Waals surface area (Å²) in [5, 5.41) is 23.7. The molecule has 1 aliphatic heterocycles. The van der Waals surface area contributed by atoms with Gasteiger partial charge in [0.05, 0.1) is 15.9 Å². The minimum atomic E-state index is -4.07. The second-order valence-electron chi connectivity index (χ2n) is 7.70. The number of carbonyl (C=O) groups is 1. The van der Waals surface area contributed by atoms with Crippen LogP contribution in [0.3, 0.4) is 0 Å². The molecule has 154 valence electrons. The number of nitro groups is 1. The number of hydrogen-bond donors (Lipinski definition) is 2. The van der Waals surface area contributed by atoms with E-state index in [1.54, 1.807) is 0 Å². The van der Waals surface area contributed by atoms with Gasteiger partial charge in [-0.25, -0.2) is 8.42 Å². The van der Waals surface area contributed by atoms with E-state index in [4.69, 9.17) is 0 Å². The zero-order valence-corrected chi connectivity index (χ0v) is 16.5. The van der Waals surface area contributed by atoms with Crippen molar-refractivity contribution in [2.45, 2.75) is 62.1 Å². The van der Waals surface area contributed by atoms with Crippen molar-refractivity contribution in [3.05, 3.63) is 34.4 Å². The zero-order chi connectivity index (χ0) is 20.5. The van der Waals surface area contributed by atoms with E-state index in [0.717, 1.165) is 54.3 Å². The third kappa shape index (κ3) is 4.34. The van der Waals surface area contributed by atoms with Crippen LogP contribution in [0.15, 0.2) is 29.2 Å². The summed E-state index contributed by atoms with van der Waals surface area (Å²) in [6.07, 6.45) is 2.84. The third-order valence-electron chi connectivity index (χ3n) is 5.55. The number of nitrogens with one attached hydrogen (secondary N) is 1. The molecule has 1 aromatic rings. The molecule has 3 rings (SSSR count). The first kappa shape index (κ1) is 20.7. The fourth-order valence-electron chi connectivity index (χ4n) is 3.87. The molecule has 2 N–H and O–H groups in total. The first-order valence-corrected chi connectivity index (χ1v) is 10.9. The SMILES string of the molecule is CC1CCC(NC(=O)[C@@H]2C[C@@H](O)CN2S(=O)(=O)c2ccc([N+](=O)[O-])cc2)CC1. The van der Waals surface area contributed by atoms with Crippen LogP contribution < -0.4 is 5.32 Å². The molecule has 0 bridgehead atoms. The molecule has 0 radical (unpaired) electrons. The Balaban J connectivity index is 1.76. The highest BCUT2D eigenvalue weighted by molar-refractivity contribution is 7.89. The van der Waals surface area contributed by atoms with E-state index in [1.165, 1.54) is 0 Å². The summed E-state index contributed by atoms with van der Waals surface area (Å²) < 4.78 is 27.0. The Labute approximate surface area is 163 Å². The Morgan fingerprint density at radius 2 is 1.82 bits per heavy atom. The van der Waals surface area contributed by atoms with Gasteiger partial charge in [0.1, 0.15) is 6.04 Å². The molecule has 1 heterocycles. The fraction of sp³-hybridized carbons (Fsp3) is 0.611. The molecule has 0 aromatic heterocycles. The molecule has 1 aromatic carbocycles. The lowest BCUT2D eigenvalue weighted by molar-refractivity contribution is -0.384. The Morgan fingerprint density at radius 1 is 1.21 bits per heavy atom. The smallest absolute Gasteiger partial charge is 0.269 e. The van der Waals surface area contributed by atoms with Gasteiger partial charge in [-0.1, -0.05) is 6.92 Å². The second-order valence-corrected chi connectivity index (χ2v) is 9.59. The Hall–Kier alpha value is -2.04. The first-order valence-electron chi connectivity index (χ1n) is 9.43. The number of non-ortho nitro benzene ring substituents is 1. The molecule has 1 aliphatic carbocycles. The fourth-order valence-corrected chi connectivity index (χ4v) is 5.50. The van der Waals surface area contributed by atoms with E-state index >= 15 is 0 Å². The zero-order valence-electron chi connectivity index (χ0n) is 15.7. The number of sulfonamides is 1. The van der Waals surface area contributed by atoms with E-state index in [-0.39, 0.29) is 29.6 Å². The van der Waals surface area contributed by atoms with Crippen LogP contribution in [-0.2, 0) is 14.8 Å². The Bertz CT molecular complexity index is 833. The predicted octanol–water partition coefficient (Wildman–Crippen LogP) is 1.41. The van der Waals surface area contributed by atoms with Crippen LogP contribution in [0.25, 0.3) is 0 Å². The van der Waals surface area contributed by atoms with Gasteiger partial charge in [0.2, 0.25) is 15.9 Å². The van der Waals surface area contributed by atoms with Crippen molar-refractivity contribution >= 4 is 21.6 Å². The molecular weight excluding hydrogens is 386 g/mol. The van der Waals surface area contributed by atoms with E-state index in [0.29, 0.717) is 5.92 Å². The maximum absolute atomic E-state index is 13.0. The molecular formula is C18H25N3O6S. The average molecular weight is 411 g/mol. The number of hydrogen-bond acceptors (Lipinski definition) is 6. The van der Waals surface area contributed by atoms with Crippen molar-refractivity contribution in [2.24, 2.45) is 5.92 Å². The number of aliphatic hydroxyl groups is 1. The van der Waals surface area contributed by atoms with E-state index in [9.17, 15) is 28.4 Å². The van der Waals surface area contributed by atoms with Crippen LogP contribution >= 0.6 is 0 Å². The highest BCUT2D eigenvalue weighted by atomic mass is 32.2. The summed E-state index contributed by atoms with van der Waals surface area (Å²) in [5.74, 6) is 0.224. The molecule has 1 saturated carbocycles. The summed E-state index contributed by atoms with van der Waals surface area (Å²) in [6, 6.07) is 3.54. The Morgan fingerprint density at radius 3 is 2.39 bits per heavy atom. The average Bonchev–Trinajstić information content (AvgIpc) is 3.06. The largest absolute Gasteiger partial charge is 0.392 e. The number of aliphatic hydroxyl groups excluding tert-OH is 1. The summed E-state index contributed by atoms with van der Waals surface area (Å²) in [7, 11) is -4.07. The predicted molar refractivity (Wildman–Crippen MR) is 101 cm³/mol. The van der Waals surface area contributed by atoms with Crippen molar-refractivity contribution in [1.29, 1.82) is 0 Å². The van der Waals surface area contributed by atoms with Gasteiger partial charge in [0.15, 0.2) is 0 Å². The molecule has 10 heteroatoms. The highest BCUT2D eigenvalue weighted by Crippen LogP contribution is 2.29. The molecule has 2 aliphatic rings. The monoisotopic (exact) mass is 411 g/mol. The number of benzene rings is 1. The number of nitro benzene ring substituents is 1. The maximum atomic E-state index is 13.0. The number of nitrogens with zero attached hydrogens (tertiary/aromatic N) is 2. The van der Waals surface area contributed by atoms with Gasteiger partial charge in [0, 0.05) is 31.1 Å². The molecule has 28 heavy (non-hydrogen) atoms. The van der Waals surface area contributed by atoms with Crippen LogP contribution in [0.1, 0.15) is 39.0 Å². The van der Waals surface area contributed by atoms with Gasteiger partial charge in [-0.3, -0.25) is 14.9 Å². The number of β-amino-alcohol motifs (C(OH)–C–C–N with tert-alkyl or cyclic N) is 1. The summed E-state index contributed by atoms with van der Waals surface area (Å²) in [4.78, 5) is 22.8. The van der Waals surface area contributed by atoms with Crippen molar-refractivity contribution < 1.29 is 23.2 Å². The molecule has 2 fully saturated rings. The molecule has 1 saturated heterocycles. The maximum Gasteiger partial charge on any atom is 0.269 e. The quantitative estimate of drug-likeness (QED) is 0.557. The van der Waals surface area contributed by atoms with Gasteiger partial charge >= 0.3 is 0 Å². The topological polar surface area (TPSA) is 130 Å². The van der Waals surface area contributed by atoms with Gasteiger partial charge in [0.25, 0.3) is 5.69 Å². The standard InChI is InChI=1S/C18H25N3O6S/c1-12-2-4-13(5-3-12)19-18(23)17-10-15(22)11-20(17)28(26,27)16-8-6-14(7-9-16)21(24)25/h6-9,12-13,15,17,22H,2-5,10-11H2,1H3,(H,19,23)/t12?,13?,15-,17+/m1/s1. The van der Waals surface area contributed by atoms with Crippen LogP contribution in [0.4, 0.5) is 5.69 Å². The van der Waals surface area contributed by atoms with Gasteiger partial charge in [-0.2, -0.15) is 4.31 Å². The third-order valence-corrected chi connectivity index (χ3v) is 7.44. The van der Waals surface area contributed by atoms with Crippen molar-refractivity contribution in [3.63, 3.8) is 0 Å². The summed E-state index contributed by atoms with van der Waals surface area (Å²) in [5.41, 5.74) is -0.221. The van der Waals surface area contributed by atoms with Crippen molar-refractivity contribution in [2.75, 3.05) is 6.54 Å². The lowest BCUT2D eigenvalue weighted by Crippen LogP contribution is -2.49. The second kappa shape index (κ2) is 8.14. The molecule has 2 atom stereocenters. The summed E-state index contributed by atoms with van der Waals surface area (Å²) in [6.45, 7) is 1.99. The van der Waals surface area contributed by atoms with E-state index < -0.39 is 33.0 Å². The van der Waals surface area contributed by atoms with Gasteiger partial charge in [-0.15, -0.1) is 0 Å². The number of carbonyl (C=O) groups excluding carboxylic acids is 1. The number of rotatable bonds is 5. The van der Waals surface area contributed by atoms with Crippen LogP contribution in [0.5, 0.6) is 0 Å². The molecule has 9 nitrogen and oxygen atoms in total. The molecule has 0 unspecified atom stereocenters. The summed E-state index contributed by atoms with van der Waals surface area (Å²) >= 11 is 0. The molecule has 1 amide bonds. The van der Waals surface area contributed by atoms with Crippen LogP contribution in [0.2, 0.25) is 0 Å². The normalized spacial score (nSPS) is 28.8. The minimum absolute atomic E-state index is 0.0189. The minimum Gasteiger partial charge on any atom is -0.392 e. The lowest BCUT2D eigenvalue weighted by Gasteiger charge is -2.29. The van der Waals surface area contributed by atoms with Crippen molar-refractivity contribution in [1.82, 2.24) is 9.62 Å². The Kier molecular flexibility index (Phi) is 6.01. The van der Waals surface area contributed by atoms with Crippen LogP contribution in [-0.4, -0.2) is 53.4 Å². The lowest BCUT2D eigenvalue weighted by atomic mass is 9.87. The van der Waals surface area contributed by atoms with E-state index in [2.05, 4.69) is 12.2 Å². The van der Waals surface area contributed by atoms with Gasteiger partial charge in [-0.05, 0) is 43.7 Å². The van der Waals surface area contributed by atoms with Crippen LogP contribution in [0, 0.1) is 16.0 Å². The van der Waals surface area contributed by atoms with E-state index in [1.807, 2.05) is 0 Å². The molecule has 0 spiro atoms. The van der Waals surface area contributed by atoms with Crippen molar-refractivity contribution in [3.8, 4) is 0 Å². The highest BCUT2D eigenvalue weighted by Gasteiger charge is 2.44.